The van der Waals surface area contributed by atoms with Crippen molar-refractivity contribution in [2.45, 2.75) is 33.6 Å². The van der Waals surface area contributed by atoms with Crippen LogP contribution >= 0.6 is 15.9 Å². The maximum atomic E-state index is 11.6. The number of hydrogen-bond donors (Lipinski definition) is 1. The first kappa shape index (κ1) is 14.2. The van der Waals surface area contributed by atoms with Crippen LogP contribution in [0.1, 0.15) is 31.4 Å². The first-order chi connectivity index (χ1) is 7.99. The fourth-order valence-corrected chi connectivity index (χ4v) is 1.97. The summed E-state index contributed by atoms with van der Waals surface area (Å²) in [5, 5.41) is 2.94. The van der Waals surface area contributed by atoms with Crippen molar-refractivity contribution < 1.29 is 4.79 Å². The van der Waals surface area contributed by atoms with E-state index in [2.05, 4.69) is 54.2 Å². The molecule has 0 atom stereocenters. The van der Waals surface area contributed by atoms with Gasteiger partial charge in [0, 0.05) is 17.4 Å². The third-order valence-electron chi connectivity index (χ3n) is 2.64. The van der Waals surface area contributed by atoms with Crippen LogP contribution in [-0.2, 0) is 11.2 Å². The van der Waals surface area contributed by atoms with Gasteiger partial charge in [0.05, 0.1) is 0 Å². The average Bonchev–Trinajstić information content (AvgIpc) is 2.27. The molecule has 1 aromatic rings. The molecule has 1 N–H and O–H groups in total. The van der Waals surface area contributed by atoms with Gasteiger partial charge in [0.1, 0.15) is 0 Å². The highest BCUT2D eigenvalue weighted by atomic mass is 79.9. The Morgan fingerprint density at radius 2 is 2.12 bits per heavy atom. The Labute approximate surface area is 112 Å². The van der Waals surface area contributed by atoms with E-state index in [4.69, 9.17) is 0 Å². The largest absolute Gasteiger partial charge is 0.356 e. The summed E-state index contributed by atoms with van der Waals surface area (Å²) in [5.41, 5.74) is 2.48. The number of amides is 1. The van der Waals surface area contributed by atoms with Crippen molar-refractivity contribution in [1.82, 2.24) is 5.32 Å². The topological polar surface area (TPSA) is 29.1 Å². The van der Waals surface area contributed by atoms with Crippen molar-refractivity contribution in [3.8, 4) is 0 Å². The predicted octanol–water partition coefficient (Wildman–Crippen LogP) is 3.46. The number of carbonyl (C=O) groups excluding carboxylic acids is 1. The van der Waals surface area contributed by atoms with E-state index in [0.717, 1.165) is 17.4 Å². The summed E-state index contributed by atoms with van der Waals surface area (Å²) in [6.45, 7) is 7.03. The first-order valence-corrected chi connectivity index (χ1v) is 6.80. The van der Waals surface area contributed by atoms with Crippen LogP contribution < -0.4 is 5.32 Å². The lowest BCUT2D eigenvalue weighted by atomic mass is 10.0. The lowest BCUT2D eigenvalue weighted by Crippen LogP contribution is -2.27. The second-order valence-corrected chi connectivity index (χ2v) is 5.68. The molecule has 0 unspecified atom stereocenters. The summed E-state index contributed by atoms with van der Waals surface area (Å²) in [4.78, 5) is 11.6. The fourth-order valence-electron chi connectivity index (χ4n) is 1.56. The van der Waals surface area contributed by atoms with Crippen molar-refractivity contribution in [3.63, 3.8) is 0 Å². The summed E-state index contributed by atoms with van der Waals surface area (Å²) in [5.74, 6) is 0.643. The van der Waals surface area contributed by atoms with Crippen LogP contribution in [0.15, 0.2) is 22.7 Å². The van der Waals surface area contributed by atoms with Crippen LogP contribution in [0.5, 0.6) is 0 Å². The van der Waals surface area contributed by atoms with Gasteiger partial charge in [0.15, 0.2) is 0 Å². The summed E-state index contributed by atoms with van der Waals surface area (Å²) in [6.07, 6.45) is 1.36. The summed E-state index contributed by atoms with van der Waals surface area (Å²) in [7, 11) is 0. The summed E-state index contributed by atoms with van der Waals surface area (Å²) in [6, 6.07) is 6.19. The molecule has 0 aliphatic carbocycles. The highest BCUT2D eigenvalue weighted by Crippen LogP contribution is 2.17. The van der Waals surface area contributed by atoms with E-state index in [-0.39, 0.29) is 5.91 Å². The molecule has 94 valence electrons. The maximum Gasteiger partial charge on any atom is 0.220 e. The highest BCUT2D eigenvalue weighted by Gasteiger charge is 2.05. The summed E-state index contributed by atoms with van der Waals surface area (Å²) < 4.78 is 1.07. The molecule has 0 aliphatic heterocycles. The lowest BCUT2D eigenvalue weighted by molar-refractivity contribution is -0.121. The van der Waals surface area contributed by atoms with Crippen LogP contribution in [0.4, 0.5) is 0 Å². The molecule has 0 saturated carbocycles. The molecule has 2 nitrogen and oxygen atoms in total. The molecule has 0 fully saturated rings. The van der Waals surface area contributed by atoms with Crippen LogP contribution in [0.3, 0.4) is 0 Å². The van der Waals surface area contributed by atoms with E-state index in [0.29, 0.717) is 12.3 Å². The third kappa shape index (κ3) is 5.35. The Morgan fingerprint density at radius 1 is 1.41 bits per heavy atom. The lowest BCUT2D eigenvalue weighted by Gasteiger charge is -2.09. The standard InChI is InChI=1S/C14H20BrNO/c1-10(2)9-16-14(17)7-5-12-8-13(15)6-4-11(12)3/h4,6,8,10H,5,7,9H2,1-3H3,(H,16,17). The molecule has 3 heteroatoms. The van der Waals surface area contributed by atoms with Crippen molar-refractivity contribution in [2.24, 2.45) is 5.92 Å². The Morgan fingerprint density at radius 3 is 2.76 bits per heavy atom. The zero-order chi connectivity index (χ0) is 12.8. The molecule has 1 rings (SSSR count). The van der Waals surface area contributed by atoms with Crippen molar-refractivity contribution in [1.29, 1.82) is 0 Å². The van der Waals surface area contributed by atoms with Gasteiger partial charge in [-0.25, -0.2) is 0 Å². The van der Waals surface area contributed by atoms with Crippen LogP contribution in [0.2, 0.25) is 0 Å². The van der Waals surface area contributed by atoms with Gasteiger partial charge in [-0.05, 0) is 42.5 Å². The molecule has 1 amide bonds. The van der Waals surface area contributed by atoms with Gasteiger partial charge in [-0.2, -0.15) is 0 Å². The monoisotopic (exact) mass is 297 g/mol. The SMILES string of the molecule is Cc1ccc(Br)cc1CCC(=O)NCC(C)C. The van der Waals surface area contributed by atoms with Gasteiger partial charge in [-0.15, -0.1) is 0 Å². The Kier molecular flexibility index (Phi) is 5.69. The van der Waals surface area contributed by atoms with Gasteiger partial charge in [0.2, 0.25) is 5.91 Å². The van der Waals surface area contributed by atoms with Crippen molar-refractivity contribution >= 4 is 21.8 Å². The Bertz CT molecular complexity index is 388. The number of nitrogens with one attached hydrogen (secondary N) is 1. The molecule has 0 saturated heterocycles. The minimum atomic E-state index is 0.137. The zero-order valence-corrected chi connectivity index (χ0v) is 12.3. The highest BCUT2D eigenvalue weighted by molar-refractivity contribution is 9.10. The van der Waals surface area contributed by atoms with Crippen molar-refractivity contribution in [3.05, 3.63) is 33.8 Å². The van der Waals surface area contributed by atoms with Crippen LogP contribution in [-0.4, -0.2) is 12.5 Å². The zero-order valence-electron chi connectivity index (χ0n) is 10.7. The number of aryl methyl sites for hydroxylation is 2. The second-order valence-electron chi connectivity index (χ2n) is 4.77. The smallest absolute Gasteiger partial charge is 0.220 e. The van der Waals surface area contributed by atoms with Gasteiger partial charge >= 0.3 is 0 Å². The quantitative estimate of drug-likeness (QED) is 0.886. The molecule has 0 heterocycles. The number of carbonyl (C=O) groups is 1. The van der Waals surface area contributed by atoms with Crippen LogP contribution in [0.25, 0.3) is 0 Å². The molecule has 0 bridgehead atoms. The number of benzene rings is 1. The maximum absolute atomic E-state index is 11.6. The number of halogens is 1. The minimum Gasteiger partial charge on any atom is -0.356 e. The number of hydrogen-bond acceptors (Lipinski definition) is 1. The predicted molar refractivity (Wildman–Crippen MR) is 75.0 cm³/mol. The molecular formula is C14H20BrNO. The third-order valence-corrected chi connectivity index (χ3v) is 3.13. The van der Waals surface area contributed by atoms with Gasteiger partial charge in [-0.1, -0.05) is 35.8 Å². The molecular weight excluding hydrogens is 278 g/mol. The van der Waals surface area contributed by atoms with Gasteiger partial charge in [-0.3, -0.25) is 4.79 Å². The average molecular weight is 298 g/mol. The first-order valence-electron chi connectivity index (χ1n) is 6.00. The Hall–Kier alpha value is -0.830. The van der Waals surface area contributed by atoms with E-state index in [9.17, 15) is 4.79 Å². The molecule has 0 aliphatic rings. The second kappa shape index (κ2) is 6.80. The molecule has 1 aromatic carbocycles. The molecule has 17 heavy (non-hydrogen) atoms. The van der Waals surface area contributed by atoms with E-state index in [1.807, 2.05) is 6.07 Å². The Balaban J connectivity index is 2.44. The van der Waals surface area contributed by atoms with E-state index in [1.165, 1.54) is 11.1 Å². The molecule has 0 spiro atoms. The van der Waals surface area contributed by atoms with Crippen LogP contribution in [0, 0.1) is 12.8 Å². The minimum absolute atomic E-state index is 0.137. The van der Waals surface area contributed by atoms with E-state index in [1.54, 1.807) is 0 Å². The fraction of sp³-hybridized carbons (Fsp3) is 0.500. The van der Waals surface area contributed by atoms with E-state index >= 15 is 0 Å². The molecule has 0 radical (unpaired) electrons. The summed E-state index contributed by atoms with van der Waals surface area (Å²) >= 11 is 3.45. The van der Waals surface area contributed by atoms with Gasteiger partial charge < -0.3 is 5.32 Å². The normalized spacial score (nSPS) is 10.6. The van der Waals surface area contributed by atoms with E-state index < -0.39 is 0 Å². The number of rotatable bonds is 5. The van der Waals surface area contributed by atoms with Gasteiger partial charge in [0.25, 0.3) is 0 Å². The van der Waals surface area contributed by atoms with Crippen molar-refractivity contribution in [2.75, 3.05) is 6.54 Å². The molecule has 0 aromatic heterocycles.